The zero-order valence-electron chi connectivity index (χ0n) is 10.7. The topological polar surface area (TPSA) is 51.8 Å². The predicted molar refractivity (Wildman–Crippen MR) is 74.4 cm³/mol. The Labute approximate surface area is 118 Å². The van der Waals surface area contributed by atoms with E-state index in [0.717, 1.165) is 12.1 Å². The van der Waals surface area contributed by atoms with Gasteiger partial charge < -0.3 is 5.73 Å². The molecule has 106 valence electrons. The van der Waals surface area contributed by atoms with Gasteiger partial charge >= 0.3 is 6.18 Å². The average molecular weight is 289 g/mol. The highest BCUT2D eigenvalue weighted by molar-refractivity contribution is 5.89. The van der Waals surface area contributed by atoms with Crippen LogP contribution in [0.3, 0.4) is 0 Å². The highest BCUT2D eigenvalue weighted by atomic mass is 19.4. The summed E-state index contributed by atoms with van der Waals surface area (Å²) in [5, 5.41) is 0.674. The molecule has 3 aromatic rings. The van der Waals surface area contributed by atoms with Gasteiger partial charge in [0.05, 0.1) is 11.1 Å². The minimum atomic E-state index is -4.40. The third-order valence-corrected chi connectivity index (χ3v) is 3.08. The molecule has 0 saturated carbocycles. The van der Waals surface area contributed by atoms with Crippen LogP contribution < -0.4 is 5.73 Å². The molecule has 0 aliphatic carbocycles. The lowest BCUT2D eigenvalue weighted by atomic mass is 10.1. The van der Waals surface area contributed by atoms with Crippen LogP contribution in [0.5, 0.6) is 0 Å². The van der Waals surface area contributed by atoms with Crippen LogP contribution in [-0.4, -0.2) is 9.97 Å². The fourth-order valence-corrected chi connectivity index (χ4v) is 2.06. The molecule has 0 unspecified atom stereocenters. The second kappa shape index (κ2) is 4.73. The standard InChI is InChI=1S/C15H10F3N3/c16-15(17,18)10-5-3-4-9(8-10)14-20-12-7-2-1-6-11(12)13(19)21-14/h1-8H,(H2,19,20,21). The smallest absolute Gasteiger partial charge is 0.383 e. The lowest BCUT2D eigenvalue weighted by molar-refractivity contribution is -0.137. The Hall–Kier alpha value is -2.63. The summed E-state index contributed by atoms with van der Waals surface area (Å²) in [4.78, 5) is 8.37. The number of benzene rings is 2. The number of hydrogen-bond acceptors (Lipinski definition) is 3. The van der Waals surface area contributed by atoms with Gasteiger partial charge in [-0.05, 0) is 24.3 Å². The number of aromatic nitrogens is 2. The second-order valence-corrected chi connectivity index (χ2v) is 4.53. The molecule has 1 heterocycles. The lowest BCUT2D eigenvalue weighted by Gasteiger charge is -2.09. The first-order valence-corrected chi connectivity index (χ1v) is 6.15. The van der Waals surface area contributed by atoms with Crippen molar-refractivity contribution < 1.29 is 13.2 Å². The number of fused-ring (bicyclic) bond motifs is 1. The molecule has 0 spiro atoms. The van der Waals surface area contributed by atoms with Crippen molar-refractivity contribution in [2.24, 2.45) is 0 Å². The number of alkyl halides is 3. The zero-order valence-corrected chi connectivity index (χ0v) is 10.7. The Kier molecular flexibility index (Phi) is 3.01. The number of nitrogen functional groups attached to an aromatic ring is 1. The van der Waals surface area contributed by atoms with Crippen molar-refractivity contribution in [3.8, 4) is 11.4 Å². The molecule has 3 nitrogen and oxygen atoms in total. The average Bonchev–Trinajstić information content (AvgIpc) is 2.46. The molecule has 0 aliphatic heterocycles. The fourth-order valence-electron chi connectivity index (χ4n) is 2.06. The van der Waals surface area contributed by atoms with Crippen LogP contribution in [0.1, 0.15) is 5.56 Å². The number of hydrogen-bond donors (Lipinski definition) is 1. The number of nitrogens with zero attached hydrogens (tertiary/aromatic N) is 2. The Morgan fingerprint density at radius 2 is 1.67 bits per heavy atom. The van der Waals surface area contributed by atoms with Crippen molar-refractivity contribution in [3.05, 3.63) is 54.1 Å². The van der Waals surface area contributed by atoms with Crippen molar-refractivity contribution in [3.63, 3.8) is 0 Å². The van der Waals surface area contributed by atoms with E-state index < -0.39 is 11.7 Å². The van der Waals surface area contributed by atoms with Gasteiger partial charge in [0.1, 0.15) is 5.82 Å². The second-order valence-electron chi connectivity index (χ2n) is 4.53. The van der Waals surface area contributed by atoms with Gasteiger partial charge in [0.25, 0.3) is 0 Å². The highest BCUT2D eigenvalue weighted by Crippen LogP contribution is 2.32. The van der Waals surface area contributed by atoms with Crippen molar-refractivity contribution in [1.29, 1.82) is 0 Å². The molecule has 2 aromatic carbocycles. The van der Waals surface area contributed by atoms with Gasteiger partial charge in [0.2, 0.25) is 0 Å². The summed E-state index contributed by atoms with van der Waals surface area (Å²) in [5.41, 5.74) is 5.98. The summed E-state index contributed by atoms with van der Waals surface area (Å²) in [6, 6.07) is 12.0. The van der Waals surface area contributed by atoms with E-state index in [1.807, 2.05) is 0 Å². The maximum Gasteiger partial charge on any atom is 0.416 e. The summed E-state index contributed by atoms with van der Waals surface area (Å²) >= 11 is 0. The highest BCUT2D eigenvalue weighted by Gasteiger charge is 2.30. The van der Waals surface area contributed by atoms with E-state index in [4.69, 9.17) is 5.73 Å². The molecule has 0 atom stereocenters. The van der Waals surface area contributed by atoms with Gasteiger partial charge in [-0.2, -0.15) is 13.2 Å². The molecule has 0 amide bonds. The summed E-state index contributed by atoms with van der Waals surface area (Å²) in [6.45, 7) is 0. The maximum absolute atomic E-state index is 12.8. The van der Waals surface area contributed by atoms with E-state index in [2.05, 4.69) is 9.97 Å². The zero-order chi connectivity index (χ0) is 15.0. The largest absolute Gasteiger partial charge is 0.416 e. The number of rotatable bonds is 1. The Bertz CT molecular complexity index is 813. The number of para-hydroxylation sites is 1. The molecule has 0 bridgehead atoms. The Morgan fingerprint density at radius 3 is 2.43 bits per heavy atom. The molecular formula is C15H10F3N3. The van der Waals surface area contributed by atoms with Crippen LogP contribution in [0.25, 0.3) is 22.3 Å². The van der Waals surface area contributed by atoms with Crippen molar-refractivity contribution >= 4 is 16.7 Å². The van der Waals surface area contributed by atoms with E-state index >= 15 is 0 Å². The van der Waals surface area contributed by atoms with Crippen molar-refractivity contribution in [1.82, 2.24) is 9.97 Å². The fraction of sp³-hybridized carbons (Fsp3) is 0.0667. The first-order chi connectivity index (χ1) is 9.95. The first-order valence-electron chi connectivity index (χ1n) is 6.15. The van der Waals surface area contributed by atoms with E-state index in [9.17, 15) is 13.2 Å². The summed E-state index contributed by atoms with van der Waals surface area (Å²) < 4.78 is 38.3. The SMILES string of the molecule is Nc1nc(-c2cccc(C(F)(F)F)c2)nc2ccccc12. The molecule has 3 rings (SSSR count). The molecule has 1 aromatic heterocycles. The van der Waals surface area contributed by atoms with Crippen molar-refractivity contribution in [2.45, 2.75) is 6.18 Å². The van der Waals surface area contributed by atoms with Gasteiger partial charge in [0, 0.05) is 10.9 Å². The van der Waals surface area contributed by atoms with Crippen LogP contribution in [-0.2, 0) is 6.18 Å². The normalized spacial score (nSPS) is 11.8. The minimum Gasteiger partial charge on any atom is -0.383 e. The van der Waals surface area contributed by atoms with Gasteiger partial charge in [-0.25, -0.2) is 9.97 Å². The van der Waals surface area contributed by atoms with E-state index in [1.165, 1.54) is 12.1 Å². The van der Waals surface area contributed by atoms with Crippen LogP contribution in [0.15, 0.2) is 48.5 Å². The lowest BCUT2D eigenvalue weighted by Crippen LogP contribution is -2.05. The quantitative estimate of drug-likeness (QED) is 0.739. The molecule has 2 N–H and O–H groups in total. The molecular weight excluding hydrogens is 279 g/mol. The van der Waals surface area contributed by atoms with Crippen molar-refractivity contribution in [2.75, 3.05) is 5.73 Å². The van der Waals surface area contributed by atoms with Gasteiger partial charge in [-0.1, -0.05) is 24.3 Å². The van der Waals surface area contributed by atoms with Gasteiger partial charge in [-0.3, -0.25) is 0 Å². The summed E-state index contributed by atoms with van der Waals surface area (Å²) in [6.07, 6.45) is -4.40. The molecule has 0 saturated heterocycles. The Morgan fingerprint density at radius 1 is 0.905 bits per heavy atom. The number of halogens is 3. The summed E-state index contributed by atoms with van der Waals surface area (Å²) in [7, 11) is 0. The maximum atomic E-state index is 12.8. The van der Waals surface area contributed by atoms with Crippen LogP contribution >= 0.6 is 0 Å². The third kappa shape index (κ3) is 2.52. The Balaban J connectivity index is 2.17. The summed E-state index contributed by atoms with van der Waals surface area (Å²) in [5.74, 6) is 0.422. The number of anilines is 1. The predicted octanol–water partition coefficient (Wildman–Crippen LogP) is 3.90. The van der Waals surface area contributed by atoms with E-state index in [0.29, 0.717) is 10.9 Å². The van der Waals surface area contributed by atoms with Crippen LogP contribution in [0, 0.1) is 0 Å². The molecule has 0 fully saturated rings. The van der Waals surface area contributed by atoms with Crippen LogP contribution in [0.4, 0.5) is 19.0 Å². The molecule has 0 aliphatic rings. The van der Waals surface area contributed by atoms with Gasteiger partial charge in [-0.15, -0.1) is 0 Å². The third-order valence-electron chi connectivity index (χ3n) is 3.08. The van der Waals surface area contributed by atoms with E-state index in [-0.39, 0.29) is 17.2 Å². The molecule has 0 radical (unpaired) electrons. The monoisotopic (exact) mass is 289 g/mol. The van der Waals surface area contributed by atoms with Gasteiger partial charge in [0.15, 0.2) is 5.82 Å². The molecule has 6 heteroatoms. The van der Waals surface area contributed by atoms with E-state index in [1.54, 1.807) is 24.3 Å². The minimum absolute atomic E-state index is 0.178. The number of nitrogens with two attached hydrogens (primary N) is 1. The van der Waals surface area contributed by atoms with Crippen LogP contribution in [0.2, 0.25) is 0 Å². The first kappa shape index (κ1) is 13.4. The molecule has 21 heavy (non-hydrogen) atoms.